The molecule has 1 saturated carbocycles. The predicted molar refractivity (Wildman–Crippen MR) is 90.1 cm³/mol. The highest BCUT2D eigenvalue weighted by Crippen LogP contribution is 2.40. The van der Waals surface area contributed by atoms with Gasteiger partial charge in [-0.1, -0.05) is 36.6 Å². The van der Waals surface area contributed by atoms with Crippen molar-refractivity contribution in [3.63, 3.8) is 0 Å². The van der Waals surface area contributed by atoms with Crippen LogP contribution < -0.4 is 11.1 Å². The molecule has 1 aromatic rings. The first-order valence-corrected chi connectivity index (χ1v) is 7.77. The molecule has 0 aliphatic heterocycles. The van der Waals surface area contributed by atoms with Crippen molar-refractivity contribution >= 4 is 29.9 Å². The van der Waals surface area contributed by atoms with Gasteiger partial charge in [-0.2, -0.15) is 0 Å². The second-order valence-corrected chi connectivity index (χ2v) is 6.10. The van der Waals surface area contributed by atoms with Gasteiger partial charge in [-0.05, 0) is 43.5 Å². The van der Waals surface area contributed by atoms with Crippen molar-refractivity contribution in [2.45, 2.75) is 43.9 Å². The fraction of sp³-hybridized carbons (Fsp3) is 0.562. The van der Waals surface area contributed by atoms with E-state index in [1.54, 1.807) is 0 Å². The summed E-state index contributed by atoms with van der Waals surface area (Å²) < 4.78 is 0. The summed E-state index contributed by atoms with van der Waals surface area (Å²) in [6.45, 7) is 1.29. The highest BCUT2D eigenvalue weighted by atomic mass is 35.5. The average molecular weight is 331 g/mol. The highest BCUT2D eigenvalue weighted by molar-refractivity contribution is 6.30. The van der Waals surface area contributed by atoms with Crippen LogP contribution >= 0.6 is 24.0 Å². The van der Waals surface area contributed by atoms with Gasteiger partial charge in [0.1, 0.15) is 0 Å². The number of carbonyl (C=O) groups excluding carboxylic acids is 1. The molecule has 118 valence electrons. The lowest BCUT2D eigenvalue weighted by molar-refractivity contribution is -0.121. The van der Waals surface area contributed by atoms with Gasteiger partial charge in [0.15, 0.2) is 0 Å². The lowest BCUT2D eigenvalue weighted by Crippen LogP contribution is -2.39. The second kappa shape index (κ2) is 8.62. The van der Waals surface area contributed by atoms with Gasteiger partial charge in [0.05, 0.1) is 0 Å². The number of halogens is 2. The SMILES string of the molecule is Cl.NCCCC(=O)NCC1(c2ccc(Cl)cc2)CCCC1. The van der Waals surface area contributed by atoms with Crippen molar-refractivity contribution in [3.8, 4) is 0 Å². The summed E-state index contributed by atoms with van der Waals surface area (Å²) in [6, 6.07) is 8.07. The maximum Gasteiger partial charge on any atom is 0.220 e. The summed E-state index contributed by atoms with van der Waals surface area (Å²) >= 11 is 5.97. The topological polar surface area (TPSA) is 55.1 Å². The highest BCUT2D eigenvalue weighted by Gasteiger charge is 2.35. The van der Waals surface area contributed by atoms with Crippen LogP contribution in [0.5, 0.6) is 0 Å². The molecule has 0 saturated heterocycles. The zero-order valence-corrected chi connectivity index (χ0v) is 13.8. The maximum absolute atomic E-state index is 11.8. The van der Waals surface area contributed by atoms with Crippen molar-refractivity contribution in [3.05, 3.63) is 34.9 Å². The van der Waals surface area contributed by atoms with Crippen LogP contribution in [-0.2, 0) is 10.2 Å². The van der Waals surface area contributed by atoms with Crippen molar-refractivity contribution in [1.29, 1.82) is 0 Å². The molecule has 1 aliphatic rings. The third-order valence-corrected chi connectivity index (χ3v) is 4.50. The molecule has 0 spiro atoms. The molecule has 2 rings (SSSR count). The molecular weight excluding hydrogens is 307 g/mol. The molecule has 0 unspecified atom stereocenters. The Bertz CT molecular complexity index is 442. The minimum atomic E-state index is 0. The number of carbonyl (C=O) groups is 1. The van der Waals surface area contributed by atoms with Gasteiger partial charge in [0.2, 0.25) is 5.91 Å². The molecule has 0 heterocycles. The first kappa shape index (κ1) is 18.3. The quantitative estimate of drug-likeness (QED) is 0.839. The number of hydrogen-bond donors (Lipinski definition) is 2. The van der Waals surface area contributed by atoms with Crippen LogP contribution in [-0.4, -0.2) is 19.0 Å². The zero-order chi connectivity index (χ0) is 14.4. The number of nitrogens with one attached hydrogen (secondary N) is 1. The largest absolute Gasteiger partial charge is 0.355 e. The molecule has 5 heteroatoms. The average Bonchev–Trinajstić information content (AvgIpc) is 2.93. The van der Waals surface area contributed by atoms with Gasteiger partial charge in [0, 0.05) is 23.4 Å². The first-order valence-electron chi connectivity index (χ1n) is 7.39. The smallest absolute Gasteiger partial charge is 0.220 e. The summed E-state index contributed by atoms with van der Waals surface area (Å²) in [5.74, 6) is 0.107. The first-order chi connectivity index (χ1) is 9.66. The third-order valence-electron chi connectivity index (χ3n) is 4.25. The van der Waals surface area contributed by atoms with Crippen molar-refractivity contribution < 1.29 is 4.79 Å². The Hall–Kier alpha value is -0.770. The fourth-order valence-corrected chi connectivity index (χ4v) is 3.17. The molecular formula is C16H24Cl2N2O. The van der Waals surface area contributed by atoms with Crippen LogP contribution in [0, 0.1) is 0 Å². The molecule has 1 fully saturated rings. The summed E-state index contributed by atoms with van der Waals surface area (Å²) in [5, 5.41) is 3.84. The van der Waals surface area contributed by atoms with E-state index in [2.05, 4.69) is 17.4 Å². The Morgan fingerprint density at radius 3 is 2.43 bits per heavy atom. The van der Waals surface area contributed by atoms with Crippen LogP contribution in [0.3, 0.4) is 0 Å². The number of rotatable bonds is 6. The number of amides is 1. The molecule has 0 radical (unpaired) electrons. The van der Waals surface area contributed by atoms with Crippen LogP contribution in [0.1, 0.15) is 44.1 Å². The van der Waals surface area contributed by atoms with E-state index >= 15 is 0 Å². The molecule has 0 atom stereocenters. The number of hydrogen-bond acceptors (Lipinski definition) is 2. The molecule has 21 heavy (non-hydrogen) atoms. The molecule has 3 nitrogen and oxygen atoms in total. The van der Waals surface area contributed by atoms with Crippen LogP contribution in [0.25, 0.3) is 0 Å². The predicted octanol–water partition coefficient (Wildman–Crippen LogP) is 3.43. The molecule has 0 bridgehead atoms. The van der Waals surface area contributed by atoms with Gasteiger partial charge < -0.3 is 11.1 Å². The normalized spacial score (nSPS) is 16.3. The van der Waals surface area contributed by atoms with E-state index in [1.165, 1.54) is 18.4 Å². The van der Waals surface area contributed by atoms with Crippen LogP contribution in [0.4, 0.5) is 0 Å². The fourth-order valence-electron chi connectivity index (χ4n) is 3.04. The van der Waals surface area contributed by atoms with E-state index in [4.69, 9.17) is 17.3 Å². The second-order valence-electron chi connectivity index (χ2n) is 5.66. The van der Waals surface area contributed by atoms with Gasteiger partial charge >= 0.3 is 0 Å². The van der Waals surface area contributed by atoms with Gasteiger partial charge in [-0.3, -0.25) is 4.79 Å². The zero-order valence-electron chi connectivity index (χ0n) is 12.2. The van der Waals surface area contributed by atoms with Gasteiger partial charge in [-0.25, -0.2) is 0 Å². The summed E-state index contributed by atoms with van der Waals surface area (Å²) in [4.78, 5) is 11.8. The van der Waals surface area contributed by atoms with E-state index in [1.807, 2.05) is 12.1 Å². The van der Waals surface area contributed by atoms with Gasteiger partial charge in [0.25, 0.3) is 0 Å². The van der Waals surface area contributed by atoms with Crippen LogP contribution in [0.2, 0.25) is 5.02 Å². The van der Waals surface area contributed by atoms with E-state index < -0.39 is 0 Å². The monoisotopic (exact) mass is 330 g/mol. The Balaban J connectivity index is 0.00000220. The Morgan fingerprint density at radius 1 is 1.24 bits per heavy atom. The van der Waals surface area contributed by atoms with E-state index in [9.17, 15) is 4.79 Å². The number of nitrogens with two attached hydrogens (primary N) is 1. The molecule has 0 aromatic heterocycles. The van der Waals surface area contributed by atoms with Crippen molar-refractivity contribution in [2.24, 2.45) is 5.73 Å². The summed E-state index contributed by atoms with van der Waals surface area (Å²) in [6.07, 6.45) is 5.98. The van der Waals surface area contributed by atoms with E-state index in [-0.39, 0.29) is 23.7 Å². The van der Waals surface area contributed by atoms with Crippen molar-refractivity contribution in [1.82, 2.24) is 5.32 Å². The Morgan fingerprint density at radius 2 is 1.86 bits per heavy atom. The maximum atomic E-state index is 11.8. The minimum Gasteiger partial charge on any atom is -0.355 e. The lowest BCUT2D eigenvalue weighted by atomic mass is 9.79. The minimum absolute atomic E-state index is 0. The standard InChI is InChI=1S/C16H23ClN2O.ClH/c17-14-7-5-13(6-8-14)16(9-1-2-10-16)12-19-15(20)4-3-11-18;/h5-8H,1-4,9-12,18H2,(H,19,20);1H. The molecule has 1 aliphatic carbocycles. The van der Waals surface area contributed by atoms with E-state index in [0.717, 1.165) is 30.8 Å². The van der Waals surface area contributed by atoms with Crippen LogP contribution in [0.15, 0.2) is 24.3 Å². The Kier molecular flexibility index (Phi) is 7.50. The molecule has 3 N–H and O–H groups in total. The van der Waals surface area contributed by atoms with Crippen molar-refractivity contribution in [2.75, 3.05) is 13.1 Å². The summed E-state index contributed by atoms with van der Waals surface area (Å²) in [7, 11) is 0. The molecule has 1 amide bonds. The van der Waals surface area contributed by atoms with E-state index in [0.29, 0.717) is 13.0 Å². The molecule has 1 aromatic carbocycles. The third kappa shape index (κ3) is 4.87. The summed E-state index contributed by atoms with van der Waals surface area (Å²) in [5.41, 5.74) is 6.81. The Labute approximate surface area is 138 Å². The van der Waals surface area contributed by atoms with Gasteiger partial charge in [-0.15, -0.1) is 12.4 Å². The lowest BCUT2D eigenvalue weighted by Gasteiger charge is -2.30. The number of benzene rings is 1.